The third-order valence-electron chi connectivity index (χ3n) is 3.18. The number of esters is 1. The third kappa shape index (κ3) is 4.97. The average Bonchev–Trinajstić information content (AvgIpc) is 2.28. The first-order valence-electron chi connectivity index (χ1n) is 6.61. The van der Waals surface area contributed by atoms with Crippen molar-refractivity contribution < 1.29 is 14.6 Å². The van der Waals surface area contributed by atoms with Gasteiger partial charge in [-0.25, -0.2) is 0 Å². The van der Waals surface area contributed by atoms with E-state index < -0.39 is 6.10 Å². The zero-order chi connectivity index (χ0) is 11.8. The fraction of sp³-hybridized carbons (Fsp3) is 0.923. The van der Waals surface area contributed by atoms with Crippen molar-refractivity contribution in [3.63, 3.8) is 0 Å². The maximum Gasteiger partial charge on any atom is 0.306 e. The number of aliphatic hydroxyl groups excluding tert-OH is 1. The van der Waals surface area contributed by atoms with Gasteiger partial charge in [-0.1, -0.05) is 39.0 Å². The van der Waals surface area contributed by atoms with Crippen LogP contribution in [0.4, 0.5) is 0 Å². The molecule has 0 radical (unpaired) electrons. The van der Waals surface area contributed by atoms with Crippen molar-refractivity contribution in [2.45, 2.75) is 76.9 Å². The fourth-order valence-electron chi connectivity index (χ4n) is 2.15. The Kier molecular flexibility index (Phi) is 6.46. The van der Waals surface area contributed by atoms with Gasteiger partial charge in [-0.3, -0.25) is 4.79 Å². The zero-order valence-electron chi connectivity index (χ0n) is 10.3. The van der Waals surface area contributed by atoms with Gasteiger partial charge in [0.1, 0.15) is 6.10 Å². The molecule has 94 valence electrons. The molecule has 1 aliphatic heterocycles. The largest absolute Gasteiger partial charge is 0.460 e. The molecule has 1 rings (SSSR count). The molecule has 1 N–H and O–H groups in total. The summed E-state index contributed by atoms with van der Waals surface area (Å²) in [6.45, 7) is 2.19. The summed E-state index contributed by atoms with van der Waals surface area (Å²) in [5, 5.41) is 9.87. The van der Waals surface area contributed by atoms with Crippen LogP contribution in [0.1, 0.15) is 64.7 Å². The van der Waals surface area contributed by atoms with Gasteiger partial charge in [-0.05, 0) is 19.3 Å². The predicted octanol–water partition coefficient (Wildman–Crippen LogP) is 2.80. The van der Waals surface area contributed by atoms with Gasteiger partial charge < -0.3 is 9.84 Å². The van der Waals surface area contributed by atoms with E-state index in [1.165, 1.54) is 25.7 Å². The van der Waals surface area contributed by atoms with E-state index in [1.807, 2.05) is 0 Å². The van der Waals surface area contributed by atoms with Crippen molar-refractivity contribution in [2.24, 2.45) is 0 Å². The summed E-state index contributed by atoms with van der Waals surface area (Å²) in [4.78, 5) is 11.1. The van der Waals surface area contributed by atoms with Gasteiger partial charge in [0.15, 0.2) is 0 Å². The normalized spacial score (nSPS) is 22.9. The summed E-state index contributed by atoms with van der Waals surface area (Å²) >= 11 is 0. The molecule has 0 aromatic heterocycles. The van der Waals surface area contributed by atoms with Crippen LogP contribution in [0.15, 0.2) is 0 Å². The van der Waals surface area contributed by atoms with Gasteiger partial charge in [0.25, 0.3) is 0 Å². The Balaban J connectivity index is 2.09. The molecule has 0 saturated carbocycles. The lowest BCUT2D eigenvalue weighted by molar-refractivity contribution is -0.161. The van der Waals surface area contributed by atoms with Crippen molar-refractivity contribution >= 4 is 5.97 Å². The summed E-state index contributed by atoms with van der Waals surface area (Å²) < 4.78 is 5.14. The number of ether oxygens (including phenoxy) is 1. The minimum absolute atomic E-state index is 0.152. The molecule has 0 aromatic carbocycles. The van der Waals surface area contributed by atoms with Crippen molar-refractivity contribution in [2.75, 3.05) is 0 Å². The lowest BCUT2D eigenvalue weighted by Crippen LogP contribution is -2.34. The quantitative estimate of drug-likeness (QED) is 0.538. The van der Waals surface area contributed by atoms with E-state index in [9.17, 15) is 9.90 Å². The highest BCUT2D eigenvalue weighted by molar-refractivity contribution is 5.70. The third-order valence-corrected chi connectivity index (χ3v) is 3.18. The topological polar surface area (TPSA) is 46.5 Å². The van der Waals surface area contributed by atoms with Gasteiger partial charge in [-0.15, -0.1) is 0 Å². The first-order valence-corrected chi connectivity index (χ1v) is 6.61. The molecule has 16 heavy (non-hydrogen) atoms. The highest BCUT2D eigenvalue weighted by Crippen LogP contribution is 2.20. The second-order valence-corrected chi connectivity index (χ2v) is 4.69. The standard InChI is InChI=1S/C13H24O3/c1-2-3-4-5-6-8-11(14)12-9-7-10-13(15)16-12/h11-12,14H,2-10H2,1H3/t11-,12+/m1/s1. The van der Waals surface area contributed by atoms with Crippen LogP contribution >= 0.6 is 0 Å². The molecular formula is C13H24O3. The molecule has 0 unspecified atom stereocenters. The molecule has 0 bridgehead atoms. The Morgan fingerprint density at radius 2 is 2.12 bits per heavy atom. The molecule has 0 aromatic rings. The van der Waals surface area contributed by atoms with Crippen LogP contribution in [0.3, 0.4) is 0 Å². The number of carbonyl (C=O) groups is 1. The molecular weight excluding hydrogens is 204 g/mol. The Morgan fingerprint density at radius 3 is 2.81 bits per heavy atom. The minimum Gasteiger partial charge on any atom is -0.460 e. The van der Waals surface area contributed by atoms with Crippen molar-refractivity contribution in [3.05, 3.63) is 0 Å². The first kappa shape index (κ1) is 13.5. The highest BCUT2D eigenvalue weighted by Gasteiger charge is 2.26. The summed E-state index contributed by atoms with van der Waals surface area (Å²) in [5.74, 6) is -0.152. The van der Waals surface area contributed by atoms with Crippen LogP contribution in [0.5, 0.6) is 0 Å². The van der Waals surface area contributed by atoms with E-state index in [0.29, 0.717) is 6.42 Å². The summed E-state index contributed by atoms with van der Waals surface area (Å²) in [5.41, 5.74) is 0. The van der Waals surface area contributed by atoms with E-state index in [4.69, 9.17) is 4.74 Å². The molecule has 1 saturated heterocycles. The second-order valence-electron chi connectivity index (χ2n) is 4.69. The Labute approximate surface area is 98.2 Å². The van der Waals surface area contributed by atoms with Crippen molar-refractivity contribution in [1.29, 1.82) is 0 Å². The Hall–Kier alpha value is -0.570. The van der Waals surface area contributed by atoms with Crippen LogP contribution in [-0.2, 0) is 9.53 Å². The molecule has 0 aliphatic carbocycles. The van der Waals surface area contributed by atoms with Crippen LogP contribution in [-0.4, -0.2) is 23.3 Å². The van der Waals surface area contributed by atoms with Gasteiger partial charge in [0.05, 0.1) is 6.10 Å². The molecule has 1 aliphatic rings. The number of hydrogen-bond acceptors (Lipinski definition) is 3. The lowest BCUT2D eigenvalue weighted by Gasteiger charge is -2.26. The fourth-order valence-corrected chi connectivity index (χ4v) is 2.15. The molecule has 1 fully saturated rings. The van der Waals surface area contributed by atoms with E-state index in [0.717, 1.165) is 25.7 Å². The summed E-state index contributed by atoms with van der Waals surface area (Å²) in [6, 6.07) is 0. The van der Waals surface area contributed by atoms with E-state index in [-0.39, 0.29) is 12.1 Å². The summed E-state index contributed by atoms with van der Waals surface area (Å²) in [7, 11) is 0. The lowest BCUT2D eigenvalue weighted by atomic mass is 9.99. The van der Waals surface area contributed by atoms with Gasteiger partial charge in [0, 0.05) is 6.42 Å². The molecule has 3 heteroatoms. The number of carbonyl (C=O) groups excluding carboxylic acids is 1. The second kappa shape index (κ2) is 7.66. The zero-order valence-corrected chi connectivity index (χ0v) is 10.3. The Bertz CT molecular complexity index is 203. The molecule has 0 amide bonds. The van der Waals surface area contributed by atoms with Gasteiger partial charge in [-0.2, -0.15) is 0 Å². The molecule has 3 nitrogen and oxygen atoms in total. The number of cyclic esters (lactones) is 1. The van der Waals surface area contributed by atoms with Crippen LogP contribution in [0.25, 0.3) is 0 Å². The molecule has 2 atom stereocenters. The minimum atomic E-state index is -0.453. The average molecular weight is 228 g/mol. The predicted molar refractivity (Wildman–Crippen MR) is 63.1 cm³/mol. The number of aliphatic hydroxyl groups is 1. The molecule has 0 spiro atoms. The monoisotopic (exact) mass is 228 g/mol. The number of hydrogen-bond donors (Lipinski definition) is 1. The SMILES string of the molecule is CCCCCCC[C@@H](O)[C@@H]1CCCC(=O)O1. The maximum atomic E-state index is 11.1. The molecule has 1 heterocycles. The van der Waals surface area contributed by atoms with Crippen molar-refractivity contribution in [1.82, 2.24) is 0 Å². The van der Waals surface area contributed by atoms with Crippen LogP contribution in [0, 0.1) is 0 Å². The highest BCUT2D eigenvalue weighted by atomic mass is 16.6. The first-order chi connectivity index (χ1) is 7.74. The van der Waals surface area contributed by atoms with E-state index >= 15 is 0 Å². The number of unbranched alkanes of at least 4 members (excludes halogenated alkanes) is 4. The summed E-state index contributed by atoms with van der Waals surface area (Å²) in [6.07, 6.45) is 8.23. The van der Waals surface area contributed by atoms with Gasteiger partial charge >= 0.3 is 5.97 Å². The van der Waals surface area contributed by atoms with Crippen LogP contribution in [0.2, 0.25) is 0 Å². The Morgan fingerprint density at radius 1 is 1.38 bits per heavy atom. The number of rotatable bonds is 7. The maximum absolute atomic E-state index is 11.1. The van der Waals surface area contributed by atoms with Gasteiger partial charge in [0.2, 0.25) is 0 Å². The van der Waals surface area contributed by atoms with E-state index in [1.54, 1.807) is 0 Å². The van der Waals surface area contributed by atoms with Crippen LogP contribution < -0.4 is 0 Å². The smallest absolute Gasteiger partial charge is 0.306 e. The van der Waals surface area contributed by atoms with Crippen molar-refractivity contribution in [3.8, 4) is 0 Å². The van der Waals surface area contributed by atoms with E-state index in [2.05, 4.69) is 6.92 Å².